The van der Waals surface area contributed by atoms with Gasteiger partial charge in [-0.3, -0.25) is 14.9 Å². The van der Waals surface area contributed by atoms with Gasteiger partial charge in [-0.05, 0) is 73.2 Å². The van der Waals surface area contributed by atoms with Crippen LogP contribution in [0.3, 0.4) is 0 Å². The Morgan fingerprint density at radius 3 is 2.52 bits per heavy atom. The van der Waals surface area contributed by atoms with Crippen molar-refractivity contribution < 1.29 is 18.7 Å². The Morgan fingerprint density at radius 2 is 1.81 bits per heavy atom. The Kier molecular flexibility index (Phi) is 7.78. The lowest BCUT2D eigenvalue weighted by Gasteiger charge is -2.11. The Bertz CT molecular complexity index is 1030. The number of nitrogens with one attached hydrogen (secondary N) is 3. The second-order valence-electron chi connectivity index (χ2n) is 6.62. The molecule has 3 aromatic rings. The Morgan fingerprint density at radius 1 is 1.00 bits per heavy atom. The number of carbonyl (C=O) groups is 2. The fraction of sp³-hybridized carbons (Fsp3) is 0.174. The van der Waals surface area contributed by atoms with Crippen LogP contribution in [0.1, 0.15) is 39.8 Å². The van der Waals surface area contributed by atoms with Gasteiger partial charge in [0, 0.05) is 16.8 Å². The minimum absolute atomic E-state index is 0.129. The molecule has 0 radical (unpaired) electrons. The molecule has 2 amide bonds. The number of carbonyl (C=O) groups excluding carboxylic acids is 2. The molecule has 0 atom stereocenters. The van der Waals surface area contributed by atoms with E-state index < -0.39 is 0 Å². The lowest BCUT2D eigenvalue weighted by Crippen LogP contribution is -2.34. The second-order valence-corrected chi connectivity index (χ2v) is 7.03. The normalized spacial score (nSPS) is 10.2. The van der Waals surface area contributed by atoms with Crippen molar-refractivity contribution in [2.24, 2.45) is 0 Å². The minimum Gasteiger partial charge on any atom is -0.494 e. The largest absolute Gasteiger partial charge is 0.494 e. The highest BCUT2D eigenvalue weighted by molar-refractivity contribution is 7.80. The molecule has 3 rings (SSSR count). The fourth-order valence-corrected chi connectivity index (χ4v) is 2.89. The molecular weight excluding hydrogens is 414 g/mol. The van der Waals surface area contributed by atoms with Gasteiger partial charge in [0.2, 0.25) is 0 Å². The maximum Gasteiger partial charge on any atom is 0.257 e. The van der Waals surface area contributed by atoms with E-state index in [9.17, 15) is 9.59 Å². The quantitative estimate of drug-likeness (QED) is 0.459. The van der Waals surface area contributed by atoms with Crippen LogP contribution in [0.15, 0.2) is 71.3 Å². The van der Waals surface area contributed by atoms with Crippen molar-refractivity contribution in [1.29, 1.82) is 0 Å². The molecule has 0 saturated carbocycles. The summed E-state index contributed by atoms with van der Waals surface area (Å²) in [4.78, 5) is 24.7. The standard InChI is InChI=1S/C23H23N3O4S/c1-2-12-29-19-10-8-16(9-11-19)22(28)26-23(31)25-18-6-3-5-17(14-18)21(27)24-15-20-7-4-13-30-20/h3-11,13-14H,2,12,15H2,1H3,(H,24,27)(H2,25,26,28,31). The Labute approximate surface area is 185 Å². The van der Waals surface area contributed by atoms with Crippen molar-refractivity contribution in [2.75, 3.05) is 11.9 Å². The first-order chi connectivity index (χ1) is 15.0. The third-order valence-electron chi connectivity index (χ3n) is 4.20. The molecule has 0 unspecified atom stereocenters. The van der Waals surface area contributed by atoms with Gasteiger partial charge in [0.15, 0.2) is 5.11 Å². The van der Waals surface area contributed by atoms with Crippen LogP contribution in [0.2, 0.25) is 0 Å². The summed E-state index contributed by atoms with van der Waals surface area (Å²) < 4.78 is 10.7. The third kappa shape index (κ3) is 6.68. The average Bonchev–Trinajstić information content (AvgIpc) is 3.30. The fourth-order valence-electron chi connectivity index (χ4n) is 2.68. The van der Waals surface area contributed by atoms with Crippen molar-refractivity contribution in [1.82, 2.24) is 10.6 Å². The lowest BCUT2D eigenvalue weighted by molar-refractivity contribution is 0.0946. The molecule has 31 heavy (non-hydrogen) atoms. The maximum absolute atomic E-state index is 12.4. The van der Waals surface area contributed by atoms with Gasteiger partial charge < -0.3 is 19.8 Å². The second kappa shape index (κ2) is 10.9. The summed E-state index contributed by atoms with van der Waals surface area (Å²) in [5, 5.41) is 8.46. The molecule has 1 aromatic heterocycles. The summed E-state index contributed by atoms with van der Waals surface area (Å²) in [5.74, 6) is 0.782. The van der Waals surface area contributed by atoms with Crippen molar-refractivity contribution in [3.05, 3.63) is 83.8 Å². The number of thiocarbonyl (C=S) groups is 1. The van der Waals surface area contributed by atoms with Crippen LogP contribution in [-0.4, -0.2) is 23.5 Å². The van der Waals surface area contributed by atoms with Gasteiger partial charge in [-0.2, -0.15) is 0 Å². The molecule has 0 aliphatic rings. The van der Waals surface area contributed by atoms with E-state index in [4.69, 9.17) is 21.4 Å². The molecule has 3 N–H and O–H groups in total. The molecule has 0 aliphatic heterocycles. The molecule has 8 heteroatoms. The maximum atomic E-state index is 12.4. The van der Waals surface area contributed by atoms with E-state index in [0.717, 1.165) is 6.42 Å². The summed E-state index contributed by atoms with van der Waals surface area (Å²) in [6.07, 6.45) is 2.46. The van der Waals surface area contributed by atoms with E-state index >= 15 is 0 Å². The van der Waals surface area contributed by atoms with E-state index in [1.165, 1.54) is 0 Å². The van der Waals surface area contributed by atoms with Crippen LogP contribution in [0.25, 0.3) is 0 Å². The third-order valence-corrected chi connectivity index (χ3v) is 4.41. The van der Waals surface area contributed by atoms with E-state index in [1.54, 1.807) is 66.9 Å². The molecule has 0 saturated heterocycles. The van der Waals surface area contributed by atoms with Crippen molar-refractivity contribution in [3.8, 4) is 5.75 Å². The number of benzene rings is 2. The number of hydrogen-bond donors (Lipinski definition) is 3. The van der Waals surface area contributed by atoms with Crippen LogP contribution in [0.4, 0.5) is 5.69 Å². The number of ether oxygens (including phenoxy) is 1. The first-order valence-corrected chi connectivity index (χ1v) is 10.2. The number of furan rings is 1. The molecule has 7 nitrogen and oxygen atoms in total. The van der Waals surface area contributed by atoms with Gasteiger partial charge in [0.05, 0.1) is 19.4 Å². The predicted molar refractivity (Wildman–Crippen MR) is 122 cm³/mol. The van der Waals surface area contributed by atoms with E-state index in [-0.39, 0.29) is 16.9 Å². The van der Waals surface area contributed by atoms with Crippen LogP contribution >= 0.6 is 12.2 Å². The van der Waals surface area contributed by atoms with Gasteiger partial charge in [-0.1, -0.05) is 13.0 Å². The molecule has 0 aliphatic carbocycles. The average molecular weight is 438 g/mol. The summed E-state index contributed by atoms with van der Waals surface area (Å²) in [7, 11) is 0. The van der Waals surface area contributed by atoms with Crippen molar-refractivity contribution >= 4 is 34.8 Å². The molecule has 160 valence electrons. The Balaban J connectivity index is 1.53. The molecule has 0 fully saturated rings. The van der Waals surface area contributed by atoms with Gasteiger partial charge in [-0.25, -0.2) is 0 Å². The van der Waals surface area contributed by atoms with Crippen molar-refractivity contribution in [2.45, 2.75) is 19.9 Å². The van der Waals surface area contributed by atoms with E-state index in [2.05, 4.69) is 16.0 Å². The number of hydrogen-bond acceptors (Lipinski definition) is 5. The monoisotopic (exact) mass is 437 g/mol. The molecule has 1 heterocycles. The van der Waals surface area contributed by atoms with Gasteiger partial charge in [0.25, 0.3) is 11.8 Å². The topological polar surface area (TPSA) is 92.6 Å². The highest BCUT2D eigenvalue weighted by Crippen LogP contribution is 2.13. The smallest absolute Gasteiger partial charge is 0.257 e. The van der Waals surface area contributed by atoms with Gasteiger partial charge in [-0.15, -0.1) is 0 Å². The number of rotatable bonds is 8. The predicted octanol–water partition coefficient (Wildman–Crippen LogP) is 4.13. The van der Waals surface area contributed by atoms with Crippen LogP contribution < -0.4 is 20.7 Å². The van der Waals surface area contributed by atoms with E-state index in [1.807, 2.05) is 6.92 Å². The van der Waals surface area contributed by atoms with Crippen LogP contribution in [-0.2, 0) is 6.54 Å². The van der Waals surface area contributed by atoms with Gasteiger partial charge in [0.1, 0.15) is 11.5 Å². The van der Waals surface area contributed by atoms with Crippen LogP contribution in [0.5, 0.6) is 5.75 Å². The van der Waals surface area contributed by atoms with E-state index in [0.29, 0.717) is 41.5 Å². The van der Waals surface area contributed by atoms with Crippen molar-refractivity contribution in [3.63, 3.8) is 0 Å². The zero-order valence-electron chi connectivity index (χ0n) is 17.0. The zero-order chi connectivity index (χ0) is 22.1. The zero-order valence-corrected chi connectivity index (χ0v) is 17.8. The first kappa shape index (κ1) is 22.0. The molecular formula is C23H23N3O4S. The number of amides is 2. The summed E-state index contributed by atoms with van der Waals surface area (Å²) in [5.41, 5.74) is 1.49. The summed E-state index contributed by atoms with van der Waals surface area (Å²) >= 11 is 5.23. The summed E-state index contributed by atoms with van der Waals surface area (Å²) in [6, 6.07) is 17.2. The highest BCUT2D eigenvalue weighted by atomic mass is 32.1. The lowest BCUT2D eigenvalue weighted by atomic mass is 10.2. The minimum atomic E-state index is -0.341. The van der Waals surface area contributed by atoms with Crippen LogP contribution in [0, 0.1) is 0 Å². The molecule has 2 aromatic carbocycles. The number of anilines is 1. The highest BCUT2D eigenvalue weighted by Gasteiger charge is 2.10. The van der Waals surface area contributed by atoms with Gasteiger partial charge >= 0.3 is 0 Å². The molecule has 0 spiro atoms. The molecule has 0 bridgehead atoms. The first-order valence-electron chi connectivity index (χ1n) is 9.81. The summed E-state index contributed by atoms with van der Waals surface area (Å²) in [6.45, 7) is 2.94. The SMILES string of the molecule is CCCOc1ccc(C(=O)NC(=S)Nc2cccc(C(=O)NCc3ccco3)c2)cc1. The Hall–Kier alpha value is -3.65.